The maximum Gasteiger partial charge on any atom is 0.339 e. The second kappa shape index (κ2) is 6.98. The molecule has 0 bridgehead atoms. The van der Waals surface area contributed by atoms with Crippen LogP contribution in [0.15, 0.2) is 18.2 Å². The fourth-order valence-electron chi connectivity index (χ4n) is 1.33. The number of amides is 1. The molecule has 1 rings (SSSR count). The first-order valence-corrected chi connectivity index (χ1v) is 5.75. The molecule has 1 amide bonds. The van der Waals surface area contributed by atoms with Gasteiger partial charge in [-0.1, -0.05) is 11.6 Å². The van der Waals surface area contributed by atoms with E-state index in [9.17, 15) is 9.59 Å². The summed E-state index contributed by atoms with van der Waals surface area (Å²) in [7, 11) is 1.26. The van der Waals surface area contributed by atoms with E-state index in [0.29, 0.717) is 12.1 Å². The molecule has 0 aliphatic carbocycles. The van der Waals surface area contributed by atoms with Crippen molar-refractivity contribution in [1.29, 1.82) is 0 Å². The number of halogens is 1. The first kappa shape index (κ1) is 14.5. The van der Waals surface area contributed by atoms with Gasteiger partial charge in [-0.15, -0.1) is 0 Å². The molecule has 0 atom stereocenters. The van der Waals surface area contributed by atoms with Crippen molar-refractivity contribution in [3.05, 3.63) is 28.8 Å². The van der Waals surface area contributed by atoms with Gasteiger partial charge < -0.3 is 15.2 Å². The van der Waals surface area contributed by atoms with Crippen LogP contribution in [0.25, 0.3) is 0 Å². The van der Waals surface area contributed by atoms with Crippen LogP contribution in [-0.4, -0.2) is 30.7 Å². The maximum atomic E-state index is 11.4. The van der Waals surface area contributed by atoms with Crippen LogP contribution in [0.3, 0.4) is 0 Å². The highest BCUT2D eigenvalue weighted by Gasteiger charge is 2.12. The van der Waals surface area contributed by atoms with Gasteiger partial charge in [0.05, 0.1) is 17.7 Å². The molecule has 1 aromatic rings. The van der Waals surface area contributed by atoms with Crippen molar-refractivity contribution < 1.29 is 19.4 Å². The number of rotatable bonds is 5. The number of esters is 1. The fourth-order valence-corrected chi connectivity index (χ4v) is 1.53. The topological polar surface area (TPSA) is 75.6 Å². The number of anilines is 1. The highest BCUT2D eigenvalue weighted by Crippen LogP contribution is 2.21. The Bertz CT molecular complexity index is 448. The third kappa shape index (κ3) is 4.01. The Kier molecular flexibility index (Phi) is 5.61. The van der Waals surface area contributed by atoms with Crippen LogP contribution < -0.4 is 5.32 Å². The van der Waals surface area contributed by atoms with Crippen LogP contribution in [0, 0.1) is 0 Å². The summed E-state index contributed by atoms with van der Waals surface area (Å²) >= 11 is 5.84. The zero-order valence-electron chi connectivity index (χ0n) is 9.90. The van der Waals surface area contributed by atoms with Gasteiger partial charge in [0.25, 0.3) is 0 Å². The largest absolute Gasteiger partial charge is 0.465 e. The number of aliphatic hydroxyl groups is 1. The normalized spacial score (nSPS) is 9.94. The molecule has 0 unspecified atom stereocenters. The molecule has 6 heteroatoms. The number of ether oxygens (including phenoxy) is 1. The Morgan fingerprint density at radius 1 is 1.44 bits per heavy atom. The Balaban J connectivity index is 2.79. The molecule has 2 N–H and O–H groups in total. The Hall–Kier alpha value is -1.59. The number of carbonyl (C=O) groups excluding carboxylic acids is 2. The summed E-state index contributed by atoms with van der Waals surface area (Å²) in [6.07, 6.45) is 0.607. The minimum Gasteiger partial charge on any atom is -0.465 e. The number of aliphatic hydroxyl groups excluding tert-OH is 1. The summed E-state index contributed by atoms with van der Waals surface area (Å²) in [5, 5.41) is 11.5. The van der Waals surface area contributed by atoms with Crippen LogP contribution >= 0.6 is 11.6 Å². The van der Waals surface area contributed by atoms with E-state index in [-0.39, 0.29) is 29.5 Å². The van der Waals surface area contributed by atoms with Crippen LogP contribution in [-0.2, 0) is 9.53 Å². The molecule has 0 spiro atoms. The minimum atomic E-state index is -0.563. The number of benzene rings is 1. The predicted octanol–water partition coefficient (Wildman–Crippen LogP) is 1.84. The maximum absolute atomic E-state index is 11.4. The molecule has 98 valence electrons. The predicted molar refractivity (Wildman–Crippen MR) is 67.7 cm³/mol. The van der Waals surface area contributed by atoms with Crippen molar-refractivity contribution >= 4 is 29.2 Å². The quantitative estimate of drug-likeness (QED) is 0.801. The molecule has 0 radical (unpaired) electrons. The highest BCUT2D eigenvalue weighted by molar-refractivity contribution is 6.33. The highest BCUT2D eigenvalue weighted by atomic mass is 35.5. The molecule has 0 fully saturated rings. The summed E-state index contributed by atoms with van der Waals surface area (Å²) in [6, 6.07) is 4.55. The molecule has 0 aromatic heterocycles. The Labute approximate surface area is 110 Å². The number of hydrogen-bond acceptors (Lipinski definition) is 4. The average Bonchev–Trinajstić information content (AvgIpc) is 2.37. The molecule has 0 saturated carbocycles. The molecule has 0 aliphatic rings. The molecule has 18 heavy (non-hydrogen) atoms. The van der Waals surface area contributed by atoms with Gasteiger partial charge in [0.15, 0.2) is 0 Å². The van der Waals surface area contributed by atoms with E-state index in [1.807, 2.05) is 0 Å². The van der Waals surface area contributed by atoms with Crippen LogP contribution in [0.2, 0.25) is 5.02 Å². The summed E-state index contributed by atoms with van der Waals surface area (Å²) in [6.45, 7) is -0.0402. The van der Waals surface area contributed by atoms with E-state index < -0.39 is 5.97 Å². The van der Waals surface area contributed by atoms with Gasteiger partial charge in [0.2, 0.25) is 5.91 Å². The van der Waals surface area contributed by atoms with Crippen molar-refractivity contribution in [1.82, 2.24) is 0 Å². The lowest BCUT2D eigenvalue weighted by Gasteiger charge is -2.07. The summed E-state index contributed by atoms with van der Waals surface area (Å²) in [4.78, 5) is 22.8. The molecule has 0 saturated heterocycles. The van der Waals surface area contributed by atoms with Crippen molar-refractivity contribution in [3.8, 4) is 0 Å². The monoisotopic (exact) mass is 271 g/mol. The fraction of sp³-hybridized carbons (Fsp3) is 0.333. The van der Waals surface area contributed by atoms with E-state index in [2.05, 4.69) is 10.1 Å². The SMILES string of the molecule is COC(=O)c1cc(NC(=O)CCCO)ccc1Cl. The van der Waals surface area contributed by atoms with Crippen LogP contribution in [0.1, 0.15) is 23.2 Å². The van der Waals surface area contributed by atoms with Crippen molar-refractivity contribution in [2.45, 2.75) is 12.8 Å². The number of methoxy groups -OCH3 is 1. The summed E-state index contributed by atoms with van der Waals surface area (Å²) < 4.78 is 4.57. The van der Waals surface area contributed by atoms with E-state index in [1.54, 1.807) is 6.07 Å². The lowest BCUT2D eigenvalue weighted by molar-refractivity contribution is -0.116. The Morgan fingerprint density at radius 3 is 2.78 bits per heavy atom. The van der Waals surface area contributed by atoms with Crippen molar-refractivity contribution in [2.24, 2.45) is 0 Å². The first-order valence-electron chi connectivity index (χ1n) is 5.37. The number of nitrogens with one attached hydrogen (secondary N) is 1. The van der Waals surface area contributed by atoms with Gasteiger partial charge in [-0.3, -0.25) is 4.79 Å². The summed E-state index contributed by atoms with van der Waals surface area (Å²) in [5.41, 5.74) is 0.655. The van der Waals surface area contributed by atoms with Crippen LogP contribution in [0.4, 0.5) is 5.69 Å². The lowest BCUT2D eigenvalue weighted by atomic mass is 10.2. The molecule has 0 heterocycles. The smallest absolute Gasteiger partial charge is 0.339 e. The lowest BCUT2D eigenvalue weighted by Crippen LogP contribution is -2.12. The van der Waals surface area contributed by atoms with Crippen LogP contribution in [0.5, 0.6) is 0 Å². The van der Waals surface area contributed by atoms with E-state index in [0.717, 1.165) is 0 Å². The zero-order valence-corrected chi connectivity index (χ0v) is 10.7. The zero-order chi connectivity index (χ0) is 13.5. The molecular formula is C12H14ClNO4. The van der Waals surface area contributed by atoms with Crippen molar-refractivity contribution in [3.63, 3.8) is 0 Å². The third-order valence-corrected chi connectivity index (χ3v) is 2.55. The number of carbonyl (C=O) groups is 2. The van der Waals surface area contributed by atoms with E-state index >= 15 is 0 Å². The number of hydrogen-bond donors (Lipinski definition) is 2. The van der Waals surface area contributed by atoms with Gasteiger partial charge in [-0.2, -0.15) is 0 Å². The first-order chi connectivity index (χ1) is 8.58. The van der Waals surface area contributed by atoms with Gasteiger partial charge >= 0.3 is 5.97 Å². The Morgan fingerprint density at radius 2 is 2.17 bits per heavy atom. The van der Waals surface area contributed by atoms with Crippen molar-refractivity contribution in [2.75, 3.05) is 19.0 Å². The molecular weight excluding hydrogens is 258 g/mol. The summed E-state index contributed by atoms with van der Waals surface area (Å²) in [5.74, 6) is -0.798. The van der Waals surface area contributed by atoms with Gasteiger partial charge in [-0.05, 0) is 24.6 Å². The van der Waals surface area contributed by atoms with Gasteiger partial charge in [0, 0.05) is 18.7 Å². The average molecular weight is 272 g/mol. The second-order valence-corrected chi connectivity index (χ2v) is 3.97. The molecule has 0 aliphatic heterocycles. The van der Waals surface area contributed by atoms with Gasteiger partial charge in [-0.25, -0.2) is 4.79 Å². The second-order valence-electron chi connectivity index (χ2n) is 3.56. The van der Waals surface area contributed by atoms with E-state index in [4.69, 9.17) is 16.7 Å². The minimum absolute atomic E-state index is 0.0402. The third-order valence-electron chi connectivity index (χ3n) is 2.22. The standard InChI is InChI=1S/C12H14ClNO4/c1-18-12(17)9-7-8(4-5-10(9)13)14-11(16)3-2-6-15/h4-5,7,15H,2-3,6H2,1H3,(H,14,16). The van der Waals surface area contributed by atoms with E-state index in [1.165, 1.54) is 19.2 Å². The molecule has 1 aromatic carbocycles. The molecule has 5 nitrogen and oxygen atoms in total. The van der Waals surface area contributed by atoms with Gasteiger partial charge in [0.1, 0.15) is 0 Å².